The highest BCUT2D eigenvalue weighted by Crippen LogP contribution is 2.39. The summed E-state index contributed by atoms with van der Waals surface area (Å²) in [4.78, 5) is 0. The summed E-state index contributed by atoms with van der Waals surface area (Å²) in [5.74, 6) is 2.06. The van der Waals surface area contributed by atoms with Gasteiger partial charge in [-0.1, -0.05) is 71.6 Å². The van der Waals surface area contributed by atoms with Crippen molar-refractivity contribution in [1.82, 2.24) is 5.32 Å². The number of hydrogen-bond acceptors (Lipinski definition) is 1. The first-order valence-electron chi connectivity index (χ1n) is 9.61. The van der Waals surface area contributed by atoms with Crippen molar-refractivity contribution in [3.63, 3.8) is 0 Å². The van der Waals surface area contributed by atoms with Crippen LogP contribution in [0.3, 0.4) is 0 Å². The standard InChI is InChI=1S/C19H37N/c1-3-5-7-10-16-11-9-13-19-18(16)15-14-17(20-19)12-8-6-4-2/h16-20H,3-15H2,1-2H3. The maximum atomic E-state index is 4.03. The summed E-state index contributed by atoms with van der Waals surface area (Å²) in [6, 6.07) is 1.72. The summed E-state index contributed by atoms with van der Waals surface area (Å²) in [7, 11) is 0. The van der Waals surface area contributed by atoms with Crippen LogP contribution in [0.5, 0.6) is 0 Å². The molecule has 2 aliphatic rings. The zero-order valence-corrected chi connectivity index (χ0v) is 14.0. The smallest absolute Gasteiger partial charge is 0.0101 e. The quantitative estimate of drug-likeness (QED) is 0.563. The maximum Gasteiger partial charge on any atom is 0.0101 e. The van der Waals surface area contributed by atoms with E-state index < -0.39 is 0 Å². The third-order valence-electron chi connectivity index (χ3n) is 5.85. The van der Waals surface area contributed by atoms with Crippen molar-refractivity contribution in [2.24, 2.45) is 11.8 Å². The van der Waals surface area contributed by atoms with E-state index >= 15 is 0 Å². The molecule has 20 heavy (non-hydrogen) atoms. The molecule has 0 aromatic carbocycles. The van der Waals surface area contributed by atoms with E-state index in [0.29, 0.717) is 0 Å². The normalized spacial score (nSPS) is 33.9. The lowest BCUT2D eigenvalue weighted by atomic mass is 9.69. The molecule has 1 N–H and O–H groups in total. The summed E-state index contributed by atoms with van der Waals surface area (Å²) in [6.07, 6.45) is 18.9. The second-order valence-electron chi connectivity index (χ2n) is 7.39. The van der Waals surface area contributed by atoms with Crippen LogP contribution in [0.2, 0.25) is 0 Å². The van der Waals surface area contributed by atoms with E-state index in [4.69, 9.17) is 0 Å². The molecule has 0 amide bonds. The van der Waals surface area contributed by atoms with Gasteiger partial charge in [0.2, 0.25) is 0 Å². The fourth-order valence-electron chi connectivity index (χ4n) is 4.66. The maximum absolute atomic E-state index is 4.03. The second-order valence-corrected chi connectivity index (χ2v) is 7.39. The highest BCUT2D eigenvalue weighted by atomic mass is 15.0. The van der Waals surface area contributed by atoms with E-state index in [-0.39, 0.29) is 0 Å². The largest absolute Gasteiger partial charge is 0.311 e. The Bertz CT molecular complexity index is 250. The Labute approximate surface area is 127 Å². The lowest BCUT2D eigenvalue weighted by Crippen LogP contribution is -2.51. The molecular weight excluding hydrogens is 242 g/mol. The fraction of sp³-hybridized carbons (Fsp3) is 1.00. The molecule has 1 saturated heterocycles. The Morgan fingerprint density at radius 3 is 2.30 bits per heavy atom. The van der Waals surface area contributed by atoms with Gasteiger partial charge in [0.1, 0.15) is 0 Å². The van der Waals surface area contributed by atoms with Crippen LogP contribution in [-0.4, -0.2) is 12.1 Å². The molecule has 0 radical (unpaired) electrons. The molecule has 2 rings (SSSR count). The van der Waals surface area contributed by atoms with Crippen LogP contribution in [0.4, 0.5) is 0 Å². The Morgan fingerprint density at radius 2 is 1.55 bits per heavy atom. The van der Waals surface area contributed by atoms with Gasteiger partial charge in [0.15, 0.2) is 0 Å². The van der Waals surface area contributed by atoms with Gasteiger partial charge < -0.3 is 5.32 Å². The van der Waals surface area contributed by atoms with Gasteiger partial charge >= 0.3 is 0 Å². The second kappa shape index (κ2) is 9.07. The summed E-state index contributed by atoms with van der Waals surface area (Å²) >= 11 is 0. The third-order valence-corrected chi connectivity index (χ3v) is 5.85. The summed E-state index contributed by atoms with van der Waals surface area (Å²) in [5, 5.41) is 4.03. The Hall–Kier alpha value is -0.0400. The fourth-order valence-corrected chi connectivity index (χ4v) is 4.66. The lowest BCUT2D eigenvalue weighted by molar-refractivity contribution is 0.104. The number of rotatable bonds is 8. The van der Waals surface area contributed by atoms with E-state index in [2.05, 4.69) is 19.2 Å². The van der Waals surface area contributed by atoms with Crippen LogP contribution in [-0.2, 0) is 0 Å². The van der Waals surface area contributed by atoms with Gasteiger partial charge in [-0.15, -0.1) is 0 Å². The zero-order chi connectivity index (χ0) is 14.2. The molecule has 4 atom stereocenters. The van der Waals surface area contributed by atoms with Gasteiger partial charge in [-0.25, -0.2) is 0 Å². The molecule has 0 aromatic heterocycles. The molecule has 1 nitrogen and oxygen atoms in total. The number of hydrogen-bond donors (Lipinski definition) is 1. The van der Waals surface area contributed by atoms with Crippen LogP contribution >= 0.6 is 0 Å². The van der Waals surface area contributed by atoms with Crippen molar-refractivity contribution in [2.75, 3.05) is 0 Å². The van der Waals surface area contributed by atoms with Crippen molar-refractivity contribution in [3.05, 3.63) is 0 Å². The molecule has 1 heteroatoms. The predicted molar refractivity (Wildman–Crippen MR) is 89.1 cm³/mol. The average molecular weight is 280 g/mol. The average Bonchev–Trinajstić information content (AvgIpc) is 2.48. The van der Waals surface area contributed by atoms with Gasteiger partial charge in [-0.05, 0) is 37.5 Å². The molecule has 4 unspecified atom stereocenters. The summed E-state index contributed by atoms with van der Waals surface area (Å²) < 4.78 is 0. The van der Waals surface area contributed by atoms with Crippen molar-refractivity contribution in [3.8, 4) is 0 Å². The minimum Gasteiger partial charge on any atom is -0.311 e. The molecule has 0 aromatic rings. The third kappa shape index (κ3) is 4.76. The zero-order valence-electron chi connectivity index (χ0n) is 14.0. The first-order chi connectivity index (χ1) is 9.85. The predicted octanol–water partition coefficient (Wildman–Crippen LogP) is 5.68. The monoisotopic (exact) mass is 279 g/mol. The topological polar surface area (TPSA) is 12.0 Å². The molecule has 1 saturated carbocycles. The van der Waals surface area contributed by atoms with E-state index in [1.165, 1.54) is 83.5 Å². The van der Waals surface area contributed by atoms with Crippen LogP contribution in [0.1, 0.15) is 97.3 Å². The Kier molecular flexibility index (Phi) is 7.41. The van der Waals surface area contributed by atoms with Crippen molar-refractivity contribution < 1.29 is 0 Å². The van der Waals surface area contributed by atoms with Gasteiger partial charge in [0.05, 0.1) is 0 Å². The van der Waals surface area contributed by atoms with Crippen molar-refractivity contribution >= 4 is 0 Å². The van der Waals surface area contributed by atoms with Crippen molar-refractivity contribution in [1.29, 1.82) is 0 Å². The summed E-state index contributed by atoms with van der Waals surface area (Å²) in [6.45, 7) is 4.64. The highest BCUT2D eigenvalue weighted by Gasteiger charge is 2.36. The molecule has 1 aliphatic carbocycles. The van der Waals surface area contributed by atoms with Crippen molar-refractivity contribution in [2.45, 2.75) is 109 Å². The number of unbranched alkanes of at least 4 members (excludes halogenated alkanes) is 4. The number of fused-ring (bicyclic) bond motifs is 1. The van der Waals surface area contributed by atoms with E-state index in [0.717, 1.165) is 23.9 Å². The Morgan fingerprint density at radius 1 is 0.800 bits per heavy atom. The number of nitrogens with one attached hydrogen (secondary N) is 1. The molecule has 0 bridgehead atoms. The SMILES string of the molecule is CCCCCC1CCC2C(CCCCC)CCCC2N1. The van der Waals surface area contributed by atoms with E-state index in [1.54, 1.807) is 0 Å². The molecular formula is C19H37N. The number of piperidine rings is 1. The molecule has 2 fully saturated rings. The summed E-state index contributed by atoms with van der Waals surface area (Å²) in [5.41, 5.74) is 0. The minimum atomic E-state index is 0.845. The van der Waals surface area contributed by atoms with Gasteiger partial charge in [0.25, 0.3) is 0 Å². The van der Waals surface area contributed by atoms with Gasteiger partial charge in [-0.2, -0.15) is 0 Å². The van der Waals surface area contributed by atoms with Crippen LogP contribution in [0, 0.1) is 11.8 Å². The van der Waals surface area contributed by atoms with Crippen LogP contribution < -0.4 is 5.32 Å². The van der Waals surface area contributed by atoms with E-state index in [9.17, 15) is 0 Å². The molecule has 1 heterocycles. The van der Waals surface area contributed by atoms with Crippen LogP contribution in [0.15, 0.2) is 0 Å². The molecule has 1 aliphatic heterocycles. The minimum absolute atomic E-state index is 0.845. The van der Waals surface area contributed by atoms with E-state index in [1.807, 2.05) is 0 Å². The first-order valence-corrected chi connectivity index (χ1v) is 9.61. The first kappa shape index (κ1) is 16.3. The highest BCUT2D eigenvalue weighted by molar-refractivity contribution is 4.93. The lowest BCUT2D eigenvalue weighted by Gasteiger charge is -2.45. The Balaban J connectivity index is 1.75. The molecule has 118 valence electrons. The van der Waals surface area contributed by atoms with Gasteiger partial charge in [0, 0.05) is 12.1 Å². The van der Waals surface area contributed by atoms with Gasteiger partial charge in [-0.3, -0.25) is 0 Å². The molecule has 0 spiro atoms. The van der Waals surface area contributed by atoms with Crippen LogP contribution in [0.25, 0.3) is 0 Å².